The van der Waals surface area contributed by atoms with Crippen molar-refractivity contribution in [3.8, 4) is 0 Å². The van der Waals surface area contributed by atoms with Gasteiger partial charge in [0, 0.05) is 0 Å². The first kappa shape index (κ1) is 12.6. The van der Waals surface area contributed by atoms with Crippen LogP contribution >= 0.6 is 11.7 Å². The molecule has 0 bridgehead atoms. The summed E-state index contributed by atoms with van der Waals surface area (Å²) >= 11 is 3.31. The zero-order chi connectivity index (χ0) is 5.91. The first-order valence-corrected chi connectivity index (χ1v) is 4.72. The van der Waals surface area contributed by atoms with Crippen LogP contribution in [0.2, 0.25) is 0 Å². The van der Waals surface area contributed by atoms with Gasteiger partial charge in [-0.2, -0.15) is 0 Å². The molecule has 0 unspecified atom stereocenters. The van der Waals surface area contributed by atoms with Crippen molar-refractivity contribution in [3.63, 3.8) is 0 Å². The summed E-state index contributed by atoms with van der Waals surface area (Å²) in [5.41, 5.74) is 0. The molecule has 0 aliphatic rings. The molecule has 0 amide bonds. The molecule has 0 heterocycles. The first-order valence-electron chi connectivity index (χ1n) is 2.01. The van der Waals surface area contributed by atoms with E-state index < -0.39 is 8.87 Å². The van der Waals surface area contributed by atoms with E-state index in [1.165, 1.54) is 0 Å². The van der Waals surface area contributed by atoms with Crippen LogP contribution in [0.5, 0.6) is 0 Å². The third-order valence-corrected chi connectivity index (χ3v) is 1.93. The van der Waals surface area contributed by atoms with Crippen LogP contribution in [-0.2, 0) is 8.87 Å². The average Bonchev–Trinajstić information content (AvgIpc) is 1.30. The zero-order valence-corrected chi connectivity index (χ0v) is 5.80. The Kier molecular flexibility index (Phi) is 8.98. The predicted octanol–water partition coefficient (Wildman–Crippen LogP) is 0.00750. The van der Waals surface area contributed by atoms with Crippen molar-refractivity contribution in [2.75, 3.05) is 5.75 Å². The van der Waals surface area contributed by atoms with Crippen molar-refractivity contribution in [2.45, 2.75) is 13.3 Å². The summed E-state index contributed by atoms with van der Waals surface area (Å²) in [5, 5.41) is 0. The van der Waals surface area contributed by atoms with Gasteiger partial charge in [-0.05, 0) is 18.1 Å². The molecular weight excluding hydrogens is 171 g/mol. The minimum atomic E-state index is -2.98. The van der Waals surface area contributed by atoms with Gasteiger partial charge in [0.2, 0.25) is 0 Å². The first-order chi connectivity index (χ1) is 3.06. The van der Waals surface area contributed by atoms with E-state index in [1.807, 2.05) is 0 Å². The standard InChI is InChI=1S/C3H8O2S2.K.H/c1-2-3-7(4,5)6;;/h2-3H2,1H3,(H,4,5,6);;. The molecule has 0 radical (unpaired) electrons. The summed E-state index contributed by atoms with van der Waals surface area (Å²) in [6, 6.07) is 0. The van der Waals surface area contributed by atoms with Crippen LogP contribution in [0.25, 0.3) is 0 Å². The van der Waals surface area contributed by atoms with Gasteiger partial charge in [-0.15, -0.1) is 0 Å². The predicted molar refractivity (Wildman–Crippen MR) is 40.2 cm³/mol. The van der Waals surface area contributed by atoms with E-state index >= 15 is 0 Å². The van der Waals surface area contributed by atoms with E-state index in [4.69, 9.17) is 0 Å². The maximum atomic E-state index is 10.1. The second-order valence-corrected chi connectivity index (χ2v) is 4.53. The van der Waals surface area contributed by atoms with Crippen molar-refractivity contribution < 1.29 is 8.42 Å². The SMILES string of the molecule is CCCS(=O)(=O)S.[KH]. The Morgan fingerprint density at radius 2 is 1.88 bits per heavy atom. The molecule has 5 heteroatoms. The van der Waals surface area contributed by atoms with Gasteiger partial charge in [0.25, 0.3) is 0 Å². The molecule has 8 heavy (non-hydrogen) atoms. The Morgan fingerprint density at radius 1 is 1.50 bits per heavy atom. The molecule has 0 saturated carbocycles. The van der Waals surface area contributed by atoms with Crippen LogP contribution in [0.3, 0.4) is 0 Å². The Bertz CT molecular complexity index is 128. The molecule has 0 aromatic rings. The molecule has 0 aliphatic carbocycles. The van der Waals surface area contributed by atoms with Crippen molar-refractivity contribution in [1.82, 2.24) is 0 Å². The van der Waals surface area contributed by atoms with Crippen molar-refractivity contribution in [1.29, 1.82) is 0 Å². The van der Waals surface area contributed by atoms with Crippen LogP contribution < -0.4 is 0 Å². The molecule has 0 aromatic heterocycles. The Balaban J connectivity index is 0. The zero-order valence-electron chi connectivity index (χ0n) is 4.09. The summed E-state index contributed by atoms with van der Waals surface area (Å²) in [5.74, 6) is 0.177. The van der Waals surface area contributed by atoms with E-state index in [9.17, 15) is 8.42 Å². The quantitative estimate of drug-likeness (QED) is 0.369. The molecule has 46 valence electrons. The Hall–Kier alpha value is 1.94. The van der Waals surface area contributed by atoms with Gasteiger partial charge < -0.3 is 0 Å². The van der Waals surface area contributed by atoms with Gasteiger partial charge in [-0.3, -0.25) is 0 Å². The number of hydrogen-bond acceptors (Lipinski definition) is 2. The fraction of sp³-hybridized carbons (Fsp3) is 1.00. The van der Waals surface area contributed by atoms with Crippen molar-refractivity contribution in [3.05, 3.63) is 0 Å². The number of hydrogen-bond donors (Lipinski definition) is 1. The maximum absolute atomic E-state index is 10.1. The molecule has 0 rings (SSSR count). The van der Waals surface area contributed by atoms with E-state index in [1.54, 1.807) is 6.92 Å². The summed E-state index contributed by atoms with van der Waals surface area (Å²) in [7, 11) is -2.98. The summed E-state index contributed by atoms with van der Waals surface area (Å²) in [6.45, 7) is 1.80. The summed E-state index contributed by atoms with van der Waals surface area (Å²) in [4.78, 5) is 0. The molecule has 0 aromatic carbocycles. The topological polar surface area (TPSA) is 34.1 Å². The van der Waals surface area contributed by atoms with Gasteiger partial charge >= 0.3 is 51.4 Å². The third-order valence-electron chi connectivity index (χ3n) is 0.462. The van der Waals surface area contributed by atoms with Crippen LogP contribution in [0.15, 0.2) is 0 Å². The van der Waals surface area contributed by atoms with Crippen LogP contribution in [-0.4, -0.2) is 65.6 Å². The van der Waals surface area contributed by atoms with E-state index in [2.05, 4.69) is 11.7 Å². The molecule has 0 atom stereocenters. The van der Waals surface area contributed by atoms with Gasteiger partial charge in [0.1, 0.15) is 0 Å². The van der Waals surface area contributed by atoms with Crippen LogP contribution in [0.1, 0.15) is 13.3 Å². The van der Waals surface area contributed by atoms with Gasteiger partial charge in [0.05, 0.1) is 5.75 Å². The van der Waals surface area contributed by atoms with E-state index in [-0.39, 0.29) is 57.1 Å². The second-order valence-electron chi connectivity index (χ2n) is 1.29. The van der Waals surface area contributed by atoms with E-state index in [0.717, 1.165) is 0 Å². The fourth-order valence-electron chi connectivity index (χ4n) is 0.258. The Labute approximate surface area is 97.6 Å². The molecule has 0 aliphatic heterocycles. The van der Waals surface area contributed by atoms with Gasteiger partial charge in [0.15, 0.2) is 8.87 Å². The normalized spacial score (nSPS) is 10.2. The number of thiol groups is 1. The van der Waals surface area contributed by atoms with Crippen LogP contribution in [0.4, 0.5) is 0 Å². The third kappa shape index (κ3) is 10.8. The minimum absolute atomic E-state index is 0. The molecule has 0 fully saturated rings. The molecule has 0 N–H and O–H groups in total. The Morgan fingerprint density at radius 3 is 1.88 bits per heavy atom. The number of rotatable bonds is 2. The molecule has 0 saturated heterocycles. The van der Waals surface area contributed by atoms with Crippen LogP contribution in [0, 0.1) is 0 Å². The van der Waals surface area contributed by atoms with E-state index in [0.29, 0.717) is 6.42 Å². The molecule has 0 spiro atoms. The van der Waals surface area contributed by atoms with Crippen molar-refractivity contribution >= 4 is 71.9 Å². The monoisotopic (exact) mass is 180 g/mol. The molecular formula is C3H9KO2S2. The second kappa shape index (κ2) is 5.70. The van der Waals surface area contributed by atoms with Gasteiger partial charge in [-0.1, -0.05) is 6.92 Å². The van der Waals surface area contributed by atoms with Gasteiger partial charge in [-0.25, -0.2) is 8.42 Å². The molecule has 2 nitrogen and oxygen atoms in total. The average molecular weight is 180 g/mol. The summed E-state index contributed by atoms with van der Waals surface area (Å²) < 4.78 is 20.2. The fourth-order valence-corrected chi connectivity index (χ4v) is 1.32. The summed E-state index contributed by atoms with van der Waals surface area (Å²) in [6.07, 6.45) is 0.645. The van der Waals surface area contributed by atoms with Crippen molar-refractivity contribution in [2.24, 2.45) is 0 Å².